The van der Waals surface area contributed by atoms with E-state index in [1.165, 1.54) is 12.8 Å². The van der Waals surface area contributed by atoms with E-state index in [9.17, 15) is 4.39 Å². The Morgan fingerprint density at radius 2 is 2.11 bits per heavy atom. The predicted molar refractivity (Wildman–Crippen MR) is 79.0 cm³/mol. The molecule has 2 nitrogen and oxygen atoms in total. The van der Waals surface area contributed by atoms with Gasteiger partial charge in [0, 0.05) is 36.9 Å². The first-order chi connectivity index (χ1) is 9.11. The average Bonchev–Trinajstić information content (AvgIpc) is 3.18. The highest BCUT2D eigenvalue weighted by Crippen LogP contribution is 2.26. The molecule has 0 heterocycles. The van der Waals surface area contributed by atoms with Crippen LogP contribution in [0.15, 0.2) is 18.2 Å². The minimum absolute atomic E-state index is 0.0899. The molecule has 3 heteroatoms. The van der Waals surface area contributed by atoms with E-state index in [0.717, 1.165) is 24.3 Å². The summed E-state index contributed by atoms with van der Waals surface area (Å²) in [7, 11) is 0. The fourth-order valence-electron chi connectivity index (χ4n) is 2.39. The summed E-state index contributed by atoms with van der Waals surface area (Å²) in [4.78, 5) is 2.28. The lowest BCUT2D eigenvalue weighted by molar-refractivity contribution is 0.577. The molecule has 1 aliphatic rings. The second-order valence-corrected chi connectivity index (χ2v) is 5.83. The Bertz CT molecular complexity index is 413. The first kappa shape index (κ1) is 14.3. The van der Waals surface area contributed by atoms with Gasteiger partial charge in [0.05, 0.1) is 0 Å². The molecule has 1 aliphatic carbocycles. The maximum absolute atomic E-state index is 14.1. The van der Waals surface area contributed by atoms with Gasteiger partial charge in [0.1, 0.15) is 5.82 Å². The lowest BCUT2D eigenvalue weighted by Gasteiger charge is -2.28. The third-order valence-corrected chi connectivity index (χ3v) is 3.55. The number of hydrogen-bond donors (Lipinski definition) is 1. The number of hydrogen-bond acceptors (Lipinski definition) is 2. The van der Waals surface area contributed by atoms with Gasteiger partial charge in [-0.2, -0.15) is 0 Å². The van der Waals surface area contributed by atoms with Crippen molar-refractivity contribution < 1.29 is 4.39 Å². The van der Waals surface area contributed by atoms with Crippen molar-refractivity contribution in [1.29, 1.82) is 0 Å². The summed E-state index contributed by atoms with van der Waals surface area (Å²) in [5.41, 5.74) is 1.86. The Labute approximate surface area is 116 Å². The van der Waals surface area contributed by atoms with Crippen molar-refractivity contribution in [2.24, 2.45) is 5.92 Å². The lowest BCUT2D eigenvalue weighted by atomic mass is 10.1. The molecule has 1 aromatic rings. The highest BCUT2D eigenvalue weighted by molar-refractivity contribution is 5.54. The second-order valence-electron chi connectivity index (χ2n) is 5.83. The molecule has 1 N–H and O–H groups in total. The zero-order valence-corrected chi connectivity index (χ0v) is 12.2. The Morgan fingerprint density at radius 1 is 1.37 bits per heavy atom. The van der Waals surface area contributed by atoms with Gasteiger partial charge >= 0.3 is 0 Å². The van der Waals surface area contributed by atoms with Gasteiger partial charge in [-0.1, -0.05) is 19.9 Å². The number of anilines is 1. The van der Waals surface area contributed by atoms with Crippen LogP contribution in [0.4, 0.5) is 10.1 Å². The summed E-state index contributed by atoms with van der Waals surface area (Å²) in [5.74, 6) is 0.486. The van der Waals surface area contributed by atoms with Crippen LogP contribution in [0, 0.1) is 11.7 Å². The average molecular weight is 264 g/mol. The van der Waals surface area contributed by atoms with E-state index in [0.29, 0.717) is 18.5 Å². The molecular weight excluding hydrogens is 239 g/mol. The molecule has 1 aromatic carbocycles. The fourth-order valence-corrected chi connectivity index (χ4v) is 2.39. The molecule has 106 valence electrons. The van der Waals surface area contributed by atoms with Crippen LogP contribution < -0.4 is 10.2 Å². The maximum atomic E-state index is 14.1. The van der Waals surface area contributed by atoms with Crippen LogP contribution in [0.2, 0.25) is 0 Å². The molecule has 0 amide bonds. The molecule has 2 rings (SSSR count). The van der Waals surface area contributed by atoms with Crippen molar-refractivity contribution in [2.75, 3.05) is 18.0 Å². The third kappa shape index (κ3) is 3.93. The molecule has 0 unspecified atom stereocenters. The molecule has 0 spiro atoms. The van der Waals surface area contributed by atoms with Gasteiger partial charge in [0.2, 0.25) is 0 Å². The van der Waals surface area contributed by atoms with Gasteiger partial charge in [0.25, 0.3) is 0 Å². The number of benzene rings is 1. The van der Waals surface area contributed by atoms with E-state index in [1.54, 1.807) is 6.07 Å². The van der Waals surface area contributed by atoms with Crippen LogP contribution in [0.3, 0.4) is 0 Å². The highest BCUT2D eigenvalue weighted by Gasteiger charge is 2.22. The molecule has 0 aromatic heterocycles. The summed E-state index contributed by atoms with van der Waals surface area (Å²) in [6, 6.07) is 6.02. The first-order valence-corrected chi connectivity index (χ1v) is 7.37. The zero-order valence-electron chi connectivity index (χ0n) is 12.2. The summed E-state index contributed by atoms with van der Waals surface area (Å²) in [5, 5.41) is 3.42. The number of halogens is 1. The van der Waals surface area contributed by atoms with E-state index < -0.39 is 0 Å². The minimum Gasteiger partial charge on any atom is -0.371 e. The van der Waals surface area contributed by atoms with Crippen LogP contribution in [0.5, 0.6) is 0 Å². The first-order valence-electron chi connectivity index (χ1n) is 7.37. The number of nitrogens with one attached hydrogen (secondary N) is 1. The van der Waals surface area contributed by atoms with Gasteiger partial charge in [-0.25, -0.2) is 4.39 Å². The third-order valence-electron chi connectivity index (χ3n) is 3.55. The monoisotopic (exact) mass is 264 g/mol. The van der Waals surface area contributed by atoms with Crippen molar-refractivity contribution in [3.05, 3.63) is 29.6 Å². The van der Waals surface area contributed by atoms with E-state index in [2.05, 4.69) is 31.0 Å². The van der Waals surface area contributed by atoms with Crippen molar-refractivity contribution in [2.45, 2.75) is 46.2 Å². The quantitative estimate of drug-likeness (QED) is 0.810. The summed E-state index contributed by atoms with van der Waals surface area (Å²) in [6.07, 6.45) is 2.46. The Hall–Kier alpha value is -1.09. The molecule has 0 aliphatic heterocycles. The molecule has 1 fully saturated rings. The predicted octanol–water partition coefficient (Wildman–Crippen LogP) is 3.56. The summed E-state index contributed by atoms with van der Waals surface area (Å²) >= 11 is 0. The van der Waals surface area contributed by atoms with E-state index in [1.807, 2.05) is 12.1 Å². The standard InChI is InChI=1S/C16H25FN2/c1-4-19(11-12(2)3)16-7-5-6-15(17)14(16)10-18-13-8-9-13/h5-7,12-13,18H,4,8-11H2,1-3H3. The Balaban J connectivity index is 2.18. The van der Waals surface area contributed by atoms with Crippen LogP contribution in [0.25, 0.3) is 0 Å². The minimum atomic E-state index is -0.0899. The van der Waals surface area contributed by atoms with Crippen LogP contribution in [0.1, 0.15) is 39.2 Å². The van der Waals surface area contributed by atoms with Crippen molar-refractivity contribution >= 4 is 5.69 Å². The molecule has 0 radical (unpaired) electrons. The lowest BCUT2D eigenvalue weighted by Crippen LogP contribution is -2.29. The smallest absolute Gasteiger partial charge is 0.129 e. The Kier molecular flexibility index (Phi) is 4.81. The fraction of sp³-hybridized carbons (Fsp3) is 0.625. The summed E-state index contributed by atoms with van der Waals surface area (Å²) < 4.78 is 14.1. The van der Waals surface area contributed by atoms with Crippen LogP contribution >= 0.6 is 0 Å². The molecule has 19 heavy (non-hydrogen) atoms. The van der Waals surface area contributed by atoms with Crippen LogP contribution in [-0.2, 0) is 6.54 Å². The van der Waals surface area contributed by atoms with Crippen molar-refractivity contribution in [3.8, 4) is 0 Å². The normalized spacial score (nSPS) is 15.0. The molecule has 0 bridgehead atoms. The molecular formula is C16H25FN2. The van der Waals surface area contributed by atoms with Crippen molar-refractivity contribution in [1.82, 2.24) is 5.32 Å². The molecule has 0 atom stereocenters. The van der Waals surface area contributed by atoms with E-state index in [4.69, 9.17) is 0 Å². The largest absolute Gasteiger partial charge is 0.371 e. The van der Waals surface area contributed by atoms with Gasteiger partial charge in [0.15, 0.2) is 0 Å². The van der Waals surface area contributed by atoms with Gasteiger partial charge < -0.3 is 10.2 Å². The zero-order chi connectivity index (χ0) is 13.8. The number of nitrogens with zero attached hydrogens (tertiary/aromatic N) is 1. The van der Waals surface area contributed by atoms with Gasteiger partial charge in [-0.05, 0) is 37.8 Å². The van der Waals surface area contributed by atoms with Crippen LogP contribution in [-0.4, -0.2) is 19.1 Å². The van der Waals surface area contributed by atoms with Gasteiger partial charge in [-0.15, -0.1) is 0 Å². The summed E-state index contributed by atoms with van der Waals surface area (Å²) in [6.45, 7) is 9.05. The van der Waals surface area contributed by atoms with Crippen molar-refractivity contribution in [3.63, 3.8) is 0 Å². The highest BCUT2D eigenvalue weighted by atomic mass is 19.1. The topological polar surface area (TPSA) is 15.3 Å². The second kappa shape index (κ2) is 6.38. The Morgan fingerprint density at radius 3 is 2.68 bits per heavy atom. The number of rotatable bonds is 7. The van der Waals surface area contributed by atoms with E-state index in [-0.39, 0.29) is 5.82 Å². The molecule has 0 saturated heterocycles. The SMILES string of the molecule is CCN(CC(C)C)c1cccc(F)c1CNC1CC1. The van der Waals surface area contributed by atoms with E-state index >= 15 is 0 Å². The maximum Gasteiger partial charge on any atom is 0.129 e. The van der Waals surface area contributed by atoms with Gasteiger partial charge in [-0.3, -0.25) is 0 Å². The molecule has 1 saturated carbocycles.